The van der Waals surface area contributed by atoms with Crippen molar-refractivity contribution in [3.63, 3.8) is 0 Å². The van der Waals surface area contributed by atoms with E-state index < -0.39 is 5.91 Å². The maximum absolute atomic E-state index is 12.6. The molecule has 0 spiro atoms. The van der Waals surface area contributed by atoms with Gasteiger partial charge in [-0.2, -0.15) is 0 Å². The second kappa shape index (κ2) is 7.74. The van der Waals surface area contributed by atoms with Crippen LogP contribution in [0.15, 0.2) is 58.6 Å². The highest BCUT2D eigenvalue weighted by Gasteiger charge is 2.34. The van der Waals surface area contributed by atoms with Crippen molar-refractivity contribution in [1.82, 2.24) is 5.43 Å². The van der Waals surface area contributed by atoms with Gasteiger partial charge in [0.25, 0.3) is 11.8 Å². The summed E-state index contributed by atoms with van der Waals surface area (Å²) >= 11 is 3.48. The predicted octanol–water partition coefficient (Wildman–Crippen LogP) is 3.95. The van der Waals surface area contributed by atoms with Crippen molar-refractivity contribution in [3.8, 4) is 5.75 Å². The van der Waals surface area contributed by atoms with E-state index >= 15 is 0 Å². The van der Waals surface area contributed by atoms with Crippen LogP contribution in [0.25, 0.3) is 6.08 Å². The van der Waals surface area contributed by atoms with E-state index in [9.17, 15) is 9.59 Å². The Morgan fingerprint density at radius 3 is 2.54 bits per heavy atom. The third-order valence-corrected chi connectivity index (χ3v) is 4.36. The minimum atomic E-state index is -0.421. The standard InChI is InChI=1S/C20H19BrN2O3/c1-13(2)12-26-18-9-8-14(11-17(18)21)10-16-19(24)22-23(20(16)25)15-6-4-3-5-7-15/h3-11,13H,12H2,1-2H3,(H,22,24)/b16-10-. The summed E-state index contributed by atoms with van der Waals surface area (Å²) in [6.45, 7) is 4.77. The predicted molar refractivity (Wildman–Crippen MR) is 105 cm³/mol. The van der Waals surface area contributed by atoms with Crippen LogP contribution in [0.2, 0.25) is 0 Å². The lowest BCUT2D eigenvalue weighted by Crippen LogP contribution is -2.35. The summed E-state index contributed by atoms with van der Waals surface area (Å²) in [5, 5.41) is 1.25. The first-order valence-electron chi connectivity index (χ1n) is 8.30. The molecule has 0 saturated carbocycles. The summed E-state index contributed by atoms with van der Waals surface area (Å²) in [4.78, 5) is 24.8. The molecule has 1 aliphatic heterocycles. The van der Waals surface area contributed by atoms with Gasteiger partial charge in [0, 0.05) is 0 Å². The van der Waals surface area contributed by atoms with Crippen LogP contribution in [-0.2, 0) is 9.59 Å². The van der Waals surface area contributed by atoms with Crippen LogP contribution in [0.3, 0.4) is 0 Å². The fourth-order valence-corrected chi connectivity index (χ4v) is 2.97. The van der Waals surface area contributed by atoms with Gasteiger partial charge in [-0.25, -0.2) is 5.01 Å². The Morgan fingerprint density at radius 2 is 1.88 bits per heavy atom. The number of amides is 2. The Morgan fingerprint density at radius 1 is 1.15 bits per heavy atom. The summed E-state index contributed by atoms with van der Waals surface area (Å²) in [6, 6.07) is 14.5. The Hall–Kier alpha value is -2.60. The minimum Gasteiger partial charge on any atom is -0.492 e. The molecule has 0 aromatic heterocycles. The van der Waals surface area contributed by atoms with Gasteiger partial charge in [0.2, 0.25) is 0 Å². The summed E-state index contributed by atoms with van der Waals surface area (Å²) in [5.41, 5.74) is 4.04. The number of hydrazine groups is 1. The number of nitrogens with one attached hydrogen (secondary N) is 1. The average Bonchev–Trinajstić information content (AvgIpc) is 2.90. The fraction of sp³-hybridized carbons (Fsp3) is 0.200. The number of carbonyl (C=O) groups excluding carboxylic acids is 2. The Labute approximate surface area is 160 Å². The smallest absolute Gasteiger partial charge is 0.282 e. The van der Waals surface area contributed by atoms with Crippen molar-refractivity contribution in [2.75, 3.05) is 11.6 Å². The van der Waals surface area contributed by atoms with E-state index in [1.165, 1.54) is 5.01 Å². The Balaban J connectivity index is 1.82. The van der Waals surface area contributed by atoms with E-state index in [4.69, 9.17) is 4.74 Å². The maximum atomic E-state index is 12.6. The number of hydrogen-bond donors (Lipinski definition) is 1. The number of hydrogen-bond acceptors (Lipinski definition) is 3. The number of nitrogens with zero attached hydrogens (tertiary/aromatic N) is 1. The first-order chi connectivity index (χ1) is 12.5. The van der Waals surface area contributed by atoms with E-state index in [1.807, 2.05) is 36.4 Å². The molecule has 6 heteroatoms. The zero-order valence-electron chi connectivity index (χ0n) is 14.5. The molecule has 1 fully saturated rings. The van der Waals surface area contributed by atoms with Crippen LogP contribution in [-0.4, -0.2) is 18.4 Å². The number of benzene rings is 2. The number of halogens is 1. The zero-order chi connectivity index (χ0) is 18.7. The summed E-state index contributed by atoms with van der Waals surface area (Å²) in [5.74, 6) is 0.356. The second-order valence-corrected chi connectivity index (χ2v) is 7.22. The molecule has 26 heavy (non-hydrogen) atoms. The molecular weight excluding hydrogens is 396 g/mol. The van der Waals surface area contributed by atoms with Crippen molar-refractivity contribution in [2.24, 2.45) is 5.92 Å². The van der Waals surface area contributed by atoms with E-state index in [0.717, 1.165) is 15.8 Å². The van der Waals surface area contributed by atoms with Gasteiger partial charge < -0.3 is 4.74 Å². The Bertz CT molecular complexity index is 863. The SMILES string of the molecule is CC(C)COc1ccc(/C=C2/C(=O)NN(c3ccccc3)C2=O)cc1Br. The Kier molecular flexibility index (Phi) is 5.42. The largest absolute Gasteiger partial charge is 0.492 e. The van der Waals surface area contributed by atoms with Crippen LogP contribution in [0.4, 0.5) is 5.69 Å². The lowest BCUT2D eigenvalue weighted by Gasteiger charge is -2.13. The molecule has 134 valence electrons. The molecule has 0 atom stereocenters. The van der Waals surface area contributed by atoms with Gasteiger partial charge in [-0.1, -0.05) is 38.1 Å². The van der Waals surface area contributed by atoms with Gasteiger partial charge in [-0.3, -0.25) is 15.0 Å². The van der Waals surface area contributed by atoms with Crippen LogP contribution in [0, 0.1) is 5.92 Å². The van der Waals surface area contributed by atoms with Gasteiger partial charge in [0.15, 0.2) is 0 Å². The first-order valence-corrected chi connectivity index (χ1v) is 9.09. The molecule has 1 aliphatic rings. The van der Waals surface area contributed by atoms with Gasteiger partial charge in [-0.05, 0) is 57.8 Å². The number of anilines is 1. The molecule has 0 aliphatic carbocycles. The van der Waals surface area contributed by atoms with Crippen molar-refractivity contribution in [1.29, 1.82) is 0 Å². The van der Waals surface area contributed by atoms with Gasteiger partial charge in [0.05, 0.1) is 16.8 Å². The number of carbonyl (C=O) groups is 2. The molecule has 2 amide bonds. The highest BCUT2D eigenvalue weighted by molar-refractivity contribution is 9.10. The molecule has 1 heterocycles. The highest BCUT2D eigenvalue weighted by atomic mass is 79.9. The molecule has 0 unspecified atom stereocenters. The van der Waals surface area contributed by atoms with Crippen LogP contribution >= 0.6 is 15.9 Å². The average molecular weight is 415 g/mol. The lowest BCUT2D eigenvalue weighted by atomic mass is 10.1. The first kappa shape index (κ1) is 18.2. The monoisotopic (exact) mass is 414 g/mol. The molecule has 1 N–H and O–H groups in total. The zero-order valence-corrected chi connectivity index (χ0v) is 16.1. The normalized spacial score (nSPS) is 15.7. The van der Waals surface area contributed by atoms with Crippen LogP contribution in [0.5, 0.6) is 5.75 Å². The van der Waals surface area contributed by atoms with Crippen LogP contribution < -0.4 is 15.2 Å². The molecule has 2 aromatic rings. The number of rotatable bonds is 5. The molecule has 3 rings (SSSR count). The number of ether oxygens (including phenoxy) is 1. The maximum Gasteiger partial charge on any atom is 0.282 e. The third kappa shape index (κ3) is 3.96. The van der Waals surface area contributed by atoms with E-state index in [1.54, 1.807) is 18.2 Å². The summed E-state index contributed by atoms with van der Waals surface area (Å²) in [6.07, 6.45) is 1.58. The van der Waals surface area contributed by atoms with Crippen LogP contribution in [0.1, 0.15) is 19.4 Å². The molecule has 2 aromatic carbocycles. The van der Waals surface area contributed by atoms with Crippen molar-refractivity contribution < 1.29 is 14.3 Å². The molecule has 0 radical (unpaired) electrons. The van der Waals surface area contributed by atoms with Gasteiger partial charge in [0.1, 0.15) is 11.3 Å². The molecule has 0 bridgehead atoms. The fourth-order valence-electron chi connectivity index (χ4n) is 2.46. The van der Waals surface area contributed by atoms with Crippen molar-refractivity contribution in [2.45, 2.75) is 13.8 Å². The highest BCUT2D eigenvalue weighted by Crippen LogP contribution is 2.28. The lowest BCUT2D eigenvalue weighted by molar-refractivity contribution is -0.117. The van der Waals surface area contributed by atoms with Crippen molar-refractivity contribution in [3.05, 3.63) is 64.1 Å². The van der Waals surface area contributed by atoms with E-state index in [-0.39, 0.29) is 11.5 Å². The molecule has 5 nitrogen and oxygen atoms in total. The van der Waals surface area contributed by atoms with E-state index in [2.05, 4.69) is 35.2 Å². The topological polar surface area (TPSA) is 58.6 Å². The van der Waals surface area contributed by atoms with Gasteiger partial charge >= 0.3 is 0 Å². The van der Waals surface area contributed by atoms with E-state index in [0.29, 0.717) is 18.2 Å². The third-order valence-electron chi connectivity index (χ3n) is 3.74. The van der Waals surface area contributed by atoms with Crippen molar-refractivity contribution >= 4 is 39.5 Å². The minimum absolute atomic E-state index is 0.0941. The van der Waals surface area contributed by atoms with Gasteiger partial charge in [-0.15, -0.1) is 0 Å². The molecule has 1 saturated heterocycles. The summed E-state index contributed by atoms with van der Waals surface area (Å²) in [7, 11) is 0. The number of para-hydroxylation sites is 1. The quantitative estimate of drug-likeness (QED) is 0.595. The second-order valence-electron chi connectivity index (χ2n) is 6.37. The summed E-state index contributed by atoms with van der Waals surface area (Å²) < 4.78 is 6.49. The molecular formula is C20H19BrN2O3.